The molecule has 0 saturated heterocycles. The number of carbonyl (C=O) groups is 4. The highest BCUT2D eigenvalue weighted by Crippen LogP contribution is 2.42. The Bertz CT molecular complexity index is 1020. The van der Waals surface area contributed by atoms with Crippen LogP contribution in [0.3, 0.4) is 0 Å². The number of hydrogen-bond acceptors (Lipinski definition) is 8. The lowest BCUT2D eigenvalue weighted by atomic mass is 9.98. The van der Waals surface area contributed by atoms with Gasteiger partial charge in [-0.25, -0.2) is 4.57 Å². The topological polar surface area (TPSA) is 186 Å². The third kappa shape index (κ3) is 60.2. The second-order valence-corrected chi connectivity index (χ2v) is 17.3. The fraction of sp³-hybridized carbons (Fsp3) is 0.915. The summed E-state index contributed by atoms with van der Waals surface area (Å²) in [7, 11) is 1.23. The van der Waals surface area contributed by atoms with Crippen LogP contribution in [0.4, 0.5) is 0 Å². The number of ether oxygens (including phenoxy) is 1. The summed E-state index contributed by atoms with van der Waals surface area (Å²) in [6, 6.07) is 0. The van der Waals surface area contributed by atoms with Crippen LogP contribution in [0, 0.1) is 0 Å². The standard InChI is InChI=1S/C27H51BNO9P.C18H36O2.C2H6/c28-20-14-12-10-8-6-4-2-1-3-5-7-9-11-13-19-27(33)36-22-16-23-37-39(34,35)38-24-21-29-25(30)17-15-18-26(31)32;1-2-3-4-5-6-7-8-9-10-11-12-13-14-15-16-17-18(19)20;1-2/h1-24H2,(H,29,30)(H,31,32)(H,34,35);2-17H2,1H3,(H,19,20);1-2H3. The predicted molar refractivity (Wildman–Crippen MR) is 250 cm³/mol. The number of aliphatic carboxylic acids is 2. The molecule has 4 N–H and O–H groups in total. The minimum Gasteiger partial charge on any atom is -0.481 e. The minimum absolute atomic E-state index is 0.00598. The van der Waals surface area contributed by atoms with Crippen LogP contribution in [-0.4, -0.2) is 73.1 Å². The zero-order valence-electron chi connectivity index (χ0n) is 39.4. The van der Waals surface area contributed by atoms with Gasteiger partial charge in [-0.15, -0.1) is 0 Å². The lowest BCUT2D eigenvalue weighted by molar-refractivity contribution is -0.144. The summed E-state index contributed by atoms with van der Waals surface area (Å²) in [5.74, 6) is -2.27. The number of esters is 1. The summed E-state index contributed by atoms with van der Waals surface area (Å²) in [6.45, 7) is 6.01. The molecule has 0 aromatic carbocycles. The highest BCUT2D eigenvalue weighted by molar-refractivity contribution is 7.47. The summed E-state index contributed by atoms with van der Waals surface area (Å²) < 4.78 is 26.5. The van der Waals surface area contributed by atoms with E-state index in [1.807, 2.05) is 13.8 Å². The fourth-order valence-electron chi connectivity index (χ4n) is 6.56. The Labute approximate surface area is 374 Å². The van der Waals surface area contributed by atoms with Gasteiger partial charge in [0.15, 0.2) is 0 Å². The van der Waals surface area contributed by atoms with Crippen molar-refractivity contribution in [3.8, 4) is 0 Å². The summed E-state index contributed by atoms with van der Waals surface area (Å²) in [5.41, 5.74) is 0. The number of hydrogen-bond donors (Lipinski definition) is 4. The van der Waals surface area contributed by atoms with E-state index >= 15 is 0 Å². The molecule has 61 heavy (non-hydrogen) atoms. The summed E-state index contributed by atoms with van der Waals surface area (Å²) in [4.78, 5) is 53.6. The van der Waals surface area contributed by atoms with Crippen LogP contribution in [0.15, 0.2) is 0 Å². The molecule has 0 aromatic rings. The summed E-state index contributed by atoms with van der Waals surface area (Å²) in [5, 5.41) is 19.5. The Hall–Kier alpha value is -1.95. The Morgan fingerprint density at radius 3 is 1.25 bits per heavy atom. The van der Waals surface area contributed by atoms with Gasteiger partial charge >= 0.3 is 25.7 Å². The molecular formula is C47H93BNO11P. The van der Waals surface area contributed by atoms with Crippen molar-refractivity contribution in [1.29, 1.82) is 0 Å². The molecule has 0 saturated carbocycles. The fourth-order valence-corrected chi connectivity index (χ4v) is 7.31. The molecule has 0 rings (SSSR count). The number of phosphoric ester groups is 1. The summed E-state index contributed by atoms with van der Waals surface area (Å²) >= 11 is 0. The minimum atomic E-state index is -4.27. The number of carboxylic acid groups (broad SMARTS) is 2. The molecule has 1 unspecified atom stereocenters. The van der Waals surface area contributed by atoms with Gasteiger partial charge < -0.3 is 25.2 Å². The van der Waals surface area contributed by atoms with Crippen molar-refractivity contribution in [2.24, 2.45) is 0 Å². The molecule has 14 heteroatoms. The van der Waals surface area contributed by atoms with Crippen LogP contribution in [0.1, 0.15) is 245 Å². The number of amides is 1. The molecule has 1 amide bonds. The van der Waals surface area contributed by atoms with Crippen molar-refractivity contribution in [3.05, 3.63) is 0 Å². The summed E-state index contributed by atoms with van der Waals surface area (Å²) in [6.07, 6.45) is 38.9. The number of carboxylic acids is 2. The van der Waals surface area contributed by atoms with Gasteiger partial charge in [0.05, 0.1) is 27.7 Å². The van der Waals surface area contributed by atoms with Crippen molar-refractivity contribution in [1.82, 2.24) is 5.32 Å². The van der Waals surface area contributed by atoms with Crippen molar-refractivity contribution >= 4 is 39.5 Å². The number of unbranched alkanes of at least 4 members (excludes halogenated alkanes) is 27. The lowest BCUT2D eigenvalue weighted by Gasteiger charge is -2.12. The molecule has 0 aliphatic heterocycles. The van der Waals surface area contributed by atoms with E-state index in [2.05, 4.69) is 12.2 Å². The average Bonchev–Trinajstić information content (AvgIpc) is 3.23. The van der Waals surface area contributed by atoms with Crippen molar-refractivity contribution in [2.75, 3.05) is 26.4 Å². The molecule has 0 aliphatic rings. The molecule has 360 valence electrons. The number of phosphoric acid groups is 1. The maximum absolute atomic E-state index is 11.8. The molecule has 0 heterocycles. The largest absolute Gasteiger partial charge is 0.481 e. The van der Waals surface area contributed by atoms with Crippen molar-refractivity contribution < 1.29 is 52.6 Å². The highest BCUT2D eigenvalue weighted by Gasteiger charge is 2.20. The van der Waals surface area contributed by atoms with E-state index in [9.17, 15) is 28.6 Å². The second-order valence-electron chi connectivity index (χ2n) is 15.9. The first-order chi connectivity index (χ1) is 29.5. The van der Waals surface area contributed by atoms with Gasteiger partial charge in [0, 0.05) is 38.6 Å². The predicted octanol–water partition coefficient (Wildman–Crippen LogP) is 13.2. The Balaban J connectivity index is -0.00000128. The number of rotatable bonds is 45. The van der Waals surface area contributed by atoms with Crippen LogP contribution < -0.4 is 5.32 Å². The maximum Gasteiger partial charge on any atom is 0.472 e. The molecule has 0 spiro atoms. The first-order valence-corrected chi connectivity index (χ1v) is 26.2. The second kappa shape index (κ2) is 52.4. The van der Waals surface area contributed by atoms with E-state index < -0.39 is 19.8 Å². The smallest absolute Gasteiger partial charge is 0.472 e. The molecule has 12 nitrogen and oxygen atoms in total. The zero-order valence-corrected chi connectivity index (χ0v) is 40.3. The molecule has 0 bridgehead atoms. The molecular weight excluding hydrogens is 796 g/mol. The van der Waals surface area contributed by atoms with Gasteiger partial charge in [0.2, 0.25) is 5.91 Å². The maximum atomic E-state index is 11.8. The quantitative estimate of drug-likeness (QED) is 0.0197. The normalized spacial score (nSPS) is 11.7. The van der Waals surface area contributed by atoms with Gasteiger partial charge in [-0.2, -0.15) is 0 Å². The van der Waals surface area contributed by atoms with E-state index in [1.54, 1.807) is 0 Å². The molecule has 2 radical (unpaired) electrons. The Morgan fingerprint density at radius 2 is 0.836 bits per heavy atom. The third-order valence-corrected chi connectivity index (χ3v) is 11.1. The van der Waals surface area contributed by atoms with Crippen LogP contribution in [-0.2, 0) is 37.5 Å². The van der Waals surface area contributed by atoms with Gasteiger partial charge in [0.25, 0.3) is 0 Å². The molecule has 0 fully saturated rings. The number of nitrogens with one attached hydrogen (secondary N) is 1. The molecule has 0 aromatic heterocycles. The first-order valence-electron chi connectivity index (χ1n) is 24.7. The lowest BCUT2D eigenvalue weighted by Crippen LogP contribution is -2.26. The van der Waals surface area contributed by atoms with Crippen molar-refractivity contribution in [3.63, 3.8) is 0 Å². The van der Waals surface area contributed by atoms with E-state index in [-0.39, 0.29) is 63.9 Å². The average molecular weight is 890 g/mol. The Kier molecular flexibility index (Phi) is 54.4. The van der Waals surface area contributed by atoms with Crippen LogP contribution >= 0.6 is 7.82 Å². The monoisotopic (exact) mass is 890 g/mol. The van der Waals surface area contributed by atoms with E-state index in [0.29, 0.717) is 12.8 Å². The van der Waals surface area contributed by atoms with Gasteiger partial charge in [-0.3, -0.25) is 28.2 Å². The van der Waals surface area contributed by atoms with Crippen molar-refractivity contribution in [2.45, 2.75) is 252 Å². The van der Waals surface area contributed by atoms with Crippen LogP contribution in [0.2, 0.25) is 6.32 Å². The first kappa shape index (κ1) is 63.3. The highest BCUT2D eigenvalue weighted by atomic mass is 31.2. The van der Waals surface area contributed by atoms with Crippen LogP contribution in [0.25, 0.3) is 0 Å². The molecule has 0 aliphatic carbocycles. The SMILES string of the molecule is CC.CCCCCCCCCCCCCCCCCC(=O)O.[B]CCCCCCCCCCCCCCCCC(=O)OCCCOP(=O)(O)OCCNC(=O)CCCC(=O)O. The molecule has 1 atom stereocenters. The Morgan fingerprint density at radius 1 is 0.475 bits per heavy atom. The van der Waals surface area contributed by atoms with Gasteiger partial charge in [-0.05, 0) is 19.3 Å². The number of carbonyl (C=O) groups excluding carboxylic acids is 2. The zero-order chi connectivity index (χ0) is 45.9. The van der Waals surface area contributed by atoms with Crippen LogP contribution in [0.5, 0.6) is 0 Å². The van der Waals surface area contributed by atoms with E-state index in [4.69, 9.17) is 31.8 Å². The van der Waals surface area contributed by atoms with E-state index in [0.717, 1.165) is 44.8 Å². The van der Waals surface area contributed by atoms with E-state index in [1.165, 1.54) is 148 Å². The third-order valence-electron chi connectivity index (χ3n) is 10.1. The van der Waals surface area contributed by atoms with Gasteiger partial charge in [0.1, 0.15) is 0 Å². The van der Waals surface area contributed by atoms with Gasteiger partial charge in [-0.1, -0.05) is 200 Å².